The molecule has 2 rings (SSSR count). The SMILES string of the molecule is CC(C)(O)c1cc(C(F)(F)F)[n+](-c2ccccc2)s1. The smallest absolute Gasteiger partial charge is 0.385 e. The molecule has 0 radical (unpaired) electrons. The van der Waals surface area contributed by atoms with E-state index in [1.54, 1.807) is 30.3 Å². The third-order valence-corrected chi connectivity index (χ3v) is 3.96. The third-order valence-electron chi connectivity index (χ3n) is 2.56. The lowest BCUT2D eigenvalue weighted by Crippen LogP contribution is -2.34. The quantitative estimate of drug-likeness (QED) is 0.843. The molecule has 0 unspecified atom stereocenters. The van der Waals surface area contributed by atoms with Crippen LogP contribution in [0.25, 0.3) is 5.69 Å². The minimum Gasteiger partial charge on any atom is -0.385 e. The molecule has 102 valence electrons. The van der Waals surface area contributed by atoms with Crippen molar-refractivity contribution in [3.8, 4) is 5.69 Å². The zero-order chi connectivity index (χ0) is 14.3. The Bertz CT molecular complexity index is 570. The summed E-state index contributed by atoms with van der Waals surface area (Å²) in [4.78, 5) is 0.267. The molecule has 0 aliphatic heterocycles. The van der Waals surface area contributed by atoms with Gasteiger partial charge in [0.15, 0.2) is 0 Å². The molecule has 0 atom stereocenters. The summed E-state index contributed by atoms with van der Waals surface area (Å²) in [6.45, 7) is 2.93. The highest BCUT2D eigenvalue weighted by molar-refractivity contribution is 7.02. The van der Waals surface area contributed by atoms with Gasteiger partial charge in [-0.2, -0.15) is 13.2 Å². The molecule has 2 nitrogen and oxygen atoms in total. The van der Waals surface area contributed by atoms with Crippen LogP contribution in [0.4, 0.5) is 13.2 Å². The molecule has 0 saturated carbocycles. The van der Waals surface area contributed by atoms with Gasteiger partial charge in [-0.15, -0.1) is 0 Å². The lowest BCUT2D eigenvalue weighted by Gasteiger charge is -2.11. The number of hydrogen-bond acceptors (Lipinski definition) is 2. The maximum atomic E-state index is 13.0. The normalized spacial score (nSPS) is 12.7. The van der Waals surface area contributed by atoms with Crippen molar-refractivity contribution in [1.29, 1.82) is 0 Å². The second kappa shape index (κ2) is 4.61. The van der Waals surface area contributed by atoms with Crippen LogP contribution in [0.1, 0.15) is 24.4 Å². The van der Waals surface area contributed by atoms with E-state index in [4.69, 9.17) is 0 Å². The van der Waals surface area contributed by atoms with Crippen molar-refractivity contribution >= 4 is 11.5 Å². The molecule has 0 spiro atoms. The molecule has 1 heterocycles. The molecule has 0 amide bonds. The largest absolute Gasteiger partial charge is 0.479 e. The maximum absolute atomic E-state index is 13.0. The van der Waals surface area contributed by atoms with Gasteiger partial charge in [-0.1, -0.05) is 22.2 Å². The molecule has 0 bridgehead atoms. The molecular formula is C13H13F3NOS+. The molecule has 1 aromatic heterocycles. The van der Waals surface area contributed by atoms with Gasteiger partial charge in [0, 0.05) is 18.2 Å². The van der Waals surface area contributed by atoms with Crippen LogP contribution in [0.3, 0.4) is 0 Å². The number of aromatic nitrogens is 1. The molecule has 0 saturated heterocycles. The Kier molecular flexibility index (Phi) is 3.40. The number of alkyl halides is 3. The van der Waals surface area contributed by atoms with Crippen LogP contribution in [0.15, 0.2) is 36.4 Å². The first-order valence-electron chi connectivity index (χ1n) is 5.61. The van der Waals surface area contributed by atoms with Crippen molar-refractivity contribution in [2.75, 3.05) is 0 Å². The standard InChI is InChI=1S/C13H13F3NOS/c1-12(2,18)11-8-10(13(14,15)16)17(19-11)9-6-4-3-5-7-9/h3-8,18H,1-2H3/q+1. The van der Waals surface area contributed by atoms with Gasteiger partial charge in [0.2, 0.25) is 5.69 Å². The van der Waals surface area contributed by atoms with Crippen LogP contribution in [0.5, 0.6) is 0 Å². The monoisotopic (exact) mass is 288 g/mol. The number of benzene rings is 1. The average Bonchev–Trinajstić information content (AvgIpc) is 2.74. The first-order valence-corrected chi connectivity index (χ1v) is 6.39. The summed E-state index contributed by atoms with van der Waals surface area (Å²) in [5.41, 5.74) is -1.65. The van der Waals surface area contributed by atoms with Crippen LogP contribution in [-0.4, -0.2) is 5.11 Å². The predicted molar refractivity (Wildman–Crippen MR) is 66.1 cm³/mol. The maximum Gasteiger partial charge on any atom is 0.479 e. The van der Waals surface area contributed by atoms with Crippen molar-refractivity contribution in [2.45, 2.75) is 25.6 Å². The lowest BCUT2D eigenvalue weighted by molar-refractivity contribution is -0.550. The van der Waals surface area contributed by atoms with Crippen molar-refractivity contribution in [1.82, 2.24) is 0 Å². The van der Waals surface area contributed by atoms with Crippen LogP contribution in [-0.2, 0) is 11.8 Å². The summed E-state index contributed by atoms with van der Waals surface area (Å²) in [6.07, 6.45) is -4.46. The summed E-state index contributed by atoms with van der Waals surface area (Å²) in [7, 11) is 0. The van der Waals surface area contributed by atoms with Gasteiger partial charge in [-0.05, 0) is 13.8 Å². The average molecular weight is 288 g/mol. The second-order valence-electron chi connectivity index (χ2n) is 4.67. The van der Waals surface area contributed by atoms with E-state index in [2.05, 4.69) is 0 Å². The predicted octanol–water partition coefficient (Wildman–Crippen LogP) is 3.27. The number of rotatable bonds is 2. The Balaban J connectivity index is 2.63. The summed E-state index contributed by atoms with van der Waals surface area (Å²) in [5.74, 6) is 0. The minimum atomic E-state index is -4.46. The highest BCUT2D eigenvalue weighted by Gasteiger charge is 2.45. The Hall–Kier alpha value is -1.40. The van der Waals surface area contributed by atoms with E-state index in [-0.39, 0.29) is 4.88 Å². The van der Waals surface area contributed by atoms with E-state index < -0.39 is 17.5 Å². The number of aliphatic hydroxyl groups is 1. The number of halogens is 3. The molecule has 2 aromatic rings. The van der Waals surface area contributed by atoms with E-state index >= 15 is 0 Å². The zero-order valence-electron chi connectivity index (χ0n) is 10.4. The Morgan fingerprint density at radius 1 is 1.11 bits per heavy atom. The van der Waals surface area contributed by atoms with Gasteiger partial charge in [-0.25, -0.2) is 0 Å². The fraction of sp³-hybridized carbons (Fsp3) is 0.308. The highest BCUT2D eigenvalue weighted by Crippen LogP contribution is 2.33. The molecule has 0 aliphatic rings. The van der Waals surface area contributed by atoms with Gasteiger partial charge in [0.25, 0.3) is 0 Å². The van der Waals surface area contributed by atoms with E-state index in [1.807, 2.05) is 0 Å². The molecule has 1 N–H and O–H groups in total. The summed E-state index contributed by atoms with van der Waals surface area (Å²) < 4.78 is 40.2. The van der Waals surface area contributed by atoms with E-state index in [0.29, 0.717) is 5.69 Å². The van der Waals surface area contributed by atoms with Crippen LogP contribution < -0.4 is 3.96 Å². The Morgan fingerprint density at radius 3 is 2.16 bits per heavy atom. The van der Waals surface area contributed by atoms with Gasteiger partial charge in [0.1, 0.15) is 16.4 Å². The van der Waals surface area contributed by atoms with Gasteiger partial charge < -0.3 is 5.11 Å². The topological polar surface area (TPSA) is 24.1 Å². The lowest BCUT2D eigenvalue weighted by atomic mass is 10.1. The molecule has 1 aromatic carbocycles. The first kappa shape index (κ1) is 14.0. The highest BCUT2D eigenvalue weighted by atomic mass is 32.1. The number of nitrogens with zero attached hydrogens (tertiary/aromatic N) is 1. The van der Waals surface area contributed by atoms with Crippen molar-refractivity contribution in [3.63, 3.8) is 0 Å². The van der Waals surface area contributed by atoms with Crippen LogP contribution in [0, 0.1) is 0 Å². The summed E-state index contributed by atoms with van der Waals surface area (Å²) in [6, 6.07) is 9.28. The fourth-order valence-electron chi connectivity index (χ4n) is 1.60. The van der Waals surface area contributed by atoms with Crippen molar-refractivity contribution in [2.24, 2.45) is 0 Å². The third kappa shape index (κ3) is 2.96. The van der Waals surface area contributed by atoms with Crippen LogP contribution >= 0.6 is 11.5 Å². The van der Waals surface area contributed by atoms with Crippen molar-refractivity contribution < 1.29 is 22.2 Å². The second-order valence-corrected chi connectivity index (χ2v) is 5.66. The fourth-order valence-corrected chi connectivity index (χ4v) is 2.66. The van der Waals surface area contributed by atoms with Crippen LogP contribution in [0.2, 0.25) is 0 Å². The molecular weight excluding hydrogens is 275 g/mol. The first-order chi connectivity index (χ1) is 8.69. The van der Waals surface area contributed by atoms with Gasteiger partial charge in [-0.3, -0.25) is 0 Å². The molecule has 0 aliphatic carbocycles. The van der Waals surface area contributed by atoms with E-state index in [1.165, 1.54) is 13.8 Å². The zero-order valence-corrected chi connectivity index (χ0v) is 11.2. The van der Waals surface area contributed by atoms with Gasteiger partial charge in [0.05, 0.1) is 5.60 Å². The minimum absolute atomic E-state index is 0.267. The molecule has 6 heteroatoms. The Morgan fingerprint density at radius 2 is 1.68 bits per heavy atom. The van der Waals surface area contributed by atoms with E-state index in [0.717, 1.165) is 21.6 Å². The van der Waals surface area contributed by atoms with Crippen molar-refractivity contribution in [3.05, 3.63) is 47.0 Å². The number of para-hydroxylation sites is 1. The van der Waals surface area contributed by atoms with E-state index in [9.17, 15) is 18.3 Å². The molecule has 0 fully saturated rings. The molecule has 19 heavy (non-hydrogen) atoms. The van der Waals surface area contributed by atoms with Gasteiger partial charge >= 0.3 is 11.9 Å². The Labute approximate surface area is 112 Å². The summed E-state index contributed by atoms with van der Waals surface area (Å²) in [5, 5.41) is 9.87. The summed E-state index contributed by atoms with van der Waals surface area (Å²) >= 11 is 0.893. The number of hydrogen-bond donors (Lipinski definition) is 1.